The summed E-state index contributed by atoms with van der Waals surface area (Å²) in [5.74, 6) is -1.48. The Labute approximate surface area is 129 Å². The van der Waals surface area contributed by atoms with E-state index in [1.165, 1.54) is 12.1 Å². The summed E-state index contributed by atoms with van der Waals surface area (Å²) in [6.45, 7) is 2.77. The molecule has 0 aromatic heterocycles. The van der Waals surface area contributed by atoms with Crippen LogP contribution in [0, 0.1) is 11.6 Å². The van der Waals surface area contributed by atoms with Gasteiger partial charge in [-0.25, -0.2) is 13.2 Å². The van der Waals surface area contributed by atoms with Crippen LogP contribution < -0.4 is 5.32 Å². The Morgan fingerprint density at radius 3 is 2.64 bits per heavy atom. The molecule has 0 bridgehead atoms. The Hall–Kier alpha value is -2.17. The fourth-order valence-corrected chi connectivity index (χ4v) is 1.79. The van der Waals surface area contributed by atoms with E-state index in [0.29, 0.717) is 17.0 Å². The second-order valence-electron chi connectivity index (χ2n) is 4.48. The third-order valence-corrected chi connectivity index (χ3v) is 2.97. The van der Waals surface area contributed by atoms with E-state index in [-0.39, 0.29) is 12.2 Å². The molecule has 22 heavy (non-hydrogen) atoms. The largest absolute Gasteiger partial charge is 0.489 e. The van der Waals surface area contributed by atoms with Gasteiger partial charge in [-0.15, -0.1) is 0 Å². The van der Waals surface area contributed by atoms with Crippen molar-refractivity contribution in [2.75, 3.05) is 20.3 Å². The lowest BCUT2D eigenvalue weighted by Crippen LogP contribution is -2.08. The number of alkyl halides is 1. The molecule has 0 amide bonds. The number of rotatable bonds is 7. The van der Waals surface area contributed by atoms with E-state index in [0.717, 1.165) is 6.07 Å². The van der Waals surface area contributed by atoms with Gasteiger partial charge in [-0.1, -0.05) is 24.3 Å². The first-order valence-corrected chi connectivity index (χ1v) is 6.91. The average molecular weight is 311 g/mol. The zero-order valence-electron chi connectivity index (χ0n) is 12.9. The Balaban J connectivity index is 3.36. The first kappa shape index (κ1) is 17.9. The summed E-state index contributed by atoms with van der Waals surface area (Å²) < 4.78 is 45.1. The maximum atomic E-state index is 14.0. The van der Waals surface area contributed by atoms with Crippen LogP contribution in [0.5, 0.6) is 0 Å². The smallest absolute Gasteiger partial charge is 0.166 e. The van der Waals surface area contributed by atoms with E-state index in [2.05, 4.69) is 5.32 Å². The molecule has 2 nitrogen and oxygen atoms in total. The van der Waals surface area contributed by atoms with Crippen molar-refractivity contribution in [2.45, 2.75) is 13.8 Å². The topological polar surface area (TPSA) is 21.3 Å². The highest BCUT2D eigenvalue weighted by Gasteiger charge is 2.12. The predicted molar refractivity (Wildman–Crippen MR) is 82.8 cm³/mol. The Bertz CT molecular complexity index is 592. The minimum Gasteiger partial charge on any atom is -0.489 e. The second kappa shape index (κ2) is 8.97. The van der Waals surface area contributed by atoms with Gasteiger partial charge in [0.05, 0.1) is 5.70 Å². The minimum atomic E-state index is -0.932. The highest BCUT2D eigenvalue weighted by molar-refractivity contribution is 5.76. The summed E-state index contributed by atoms with van der Waals surface area (Å²) in [6, 6.07) is 3.97. The van der Waals surface area contributed by atoms with E-state index in [4.69, 9.17) is 4.74 Å². The Morgan fingerprint density at radius 1 is 1.32 bits per heavy atom. The van der Waals surface area contributed by atoms with Gasteiger partial charge < -0.3 is 10.1 Å². The van der Waals surface area contributed by atoms with Gasteiger partial charge in [0.1, 0.15) is 19.0 Å². The lowest BCUT2D eigenvalue weighted by atomic mass is 10.0. The molecule has 0 unspecified atom stereocenters. The fraction of sp³-hybridized carbons (Fsp3) is 0.294. The number of hydrogen-bond acceptors (Lipinski definition) is 2. The molecule has 0 aliphatic heterocycles. The van der Waals surface area contributed by atoms with E-state index in [9.17, 15) is 13.2 Å². The van der Waals surface area contributed by atoms with Crippen LogP contribution in [0.2, 0.25) is 0 Å². The van der Waals surface area contributed by atoms with Crippen LogP contribution in [0.1, 0.15) is 19.4 Å². The highest BCUT2D eigenvalue weighted by Crippen LogP contribution is 2.24. The van der Waals surface area contributed by atoms with Gasteiger partial charge >= 0.3 is 0 Å². The number of ether oxygens (including phenoxy) is 1. The van der Waals surface area contributed by atoms with Crippen LogP contribution in [-0.2, 0) is 4.74 Å². The number of nitrogens with one attached hydrogen (secondary N) is 1. The van der Waals surface area contributed by atoms with Crippen molar-refractivity contribution >= 4 is 5.57 Å². The molecule has 1 aromatic rings. The third kappa shape index (κ3) is 4.69. The van der Waals surface area contributed by atoms with Crippen LogP contribution in [0.3, 0.4) is 0 Å². The Morgan fingerprint density at radius 2 is 2.05 bits per heavy atom. The van der Waals surface area contributed by atoms with Crippen LogP contribution in [0.4, 0.5) is 13.2 Å². The molecule has 1 rings (SSSR count). The second-order valence-corrected chi connectivity index (χ2v) is 4.48. The van der Waals surface area contributed by atoms with Gasteiger partial charge in [-0.3, -0.25) is 0 Å². The number of halogens is 3. The minimum absolute atomic E-state index is 0.112. The summed E-state index contributed by atoms with van der Waals surface area (Å²) in [5, 5.41) is 2.89. The molecule has 0 atom stereocenters. The van der Waals surface area contributed by atoms with Crippen LogP contribution in [0.25, 0.3) is 5.57 Å². The molecule has 0 aliphatic carbocycles. The molecular formula is C17H20F3NO. The summed E-state index contributed by atoms with van der Waals surface area (Å²) in [4.78, 5) is 0. The molecule has 0 radical (unpaired) electrons. The van der Waals surface area contributed by atoms with Crippen LogP contribution >= 0.6 is 0 Å². The summed E-state index contributed by atoms with van der Waals surface area (Å²) >= 11 is 0. The standard InChI is InChI=1S/C17H20F3NO/c1-4-6-13(14-7-5-8-15(19)17(14)20)11-16(12(2)21-3)22-10-9-18/h4-8,11,21H,9-10H2,1-3H3/b6-4-,13-11+,16-12+. The van der Waals surface area contributed by atoms with E-state index in [1.54, 1.807) is 39.1 Å². The molecule has 0 saturated carbocycles. The van der Waals surface area contributed by atoms with Crippen molar-refractivity contribution in [1.82, 2.24) is 5.32 Å². The van der Waals surface area contributed by atoms with E-state index >= 15 is 0 Å². The van der Waals surface area contributed by atoms with Gasteiger partial charge in [0.15, 0.2) is 11.6 Å². The van der Waals surface area contributed by atoms with Gasteiger partial charge in [-0.2, -0.15) is 0 Å². The summed E-state index contributed by atoms with van der Waals surface area (Å²) in [5.41, 5.74) is 1.21. The average Bonchev–Trinajstić information content (AvgIpc) is 2.52. The molecule has 5 heteroatoms. The number of allylic oxidation sites excluding steroid dienone is 5. The molecule has 120 valence electrons. The third-order valence-electron chi connectivity index (χ3n) is 2.97. The maximum absolute atomic E-state index is 14.0. The number of benzene rings is 1. The van der Waals surface area contributed by atoms with Crippen molar-refractivity contribution < 1.29 is 17.9 Å². The zero-order chi connectivity index (χ0) is 16.5. The van der Waals surface area contributed by atoms with Crippen molar-refractivity contribution in [2.24, 2.45) is 0 Å². The van der Waals surface area contributed by atoms with Crippen LogP contribution in [0.15, 0.2) is 47.9 Å². The van der Waals surface area contributed by atoms with Crippen molar-refractivity contribution in [3.63, 3.8) is 0 Å². The normalized spacial score (nSPS) is 13.3. The molecule has 0 spiro atoms. The summed E-state index contributed by atoms with van der Waals surface area (Å²) in [6.07, 6.45) is 4.90. The zero-order valence-corrected chi connectivity index (χ0v) is 12.9. The van der Waals surface area contributed by atoms with Gasteiger partial charge in [0, 0.05) is 12.6 Å². The first-order valence-electron chi connectivity index (χ1n) is 6.91. The quantitative estimate of drug-likeness (QED) is 0.597. The van der Waals surface area contributed by atoms with E-state index in [1.807, 2.05) is 0 Å². The van der Waals surface area contributed by atoms with Gasteiger partial charge in [0.25, 0.3) is 0 Å². The molecule has 1 aromatic carbocycles. The first-order chi connectivity index (χ1) is 10.5. The lowest BCUT2D eigenvalue weighted by Gasteiger charge is -2.12. The van der Waals surface area contributed by atoms with Crippen molar-refractivity contribution in [3.8, 4) is 0 Å². The molecule has 0 fully saturated rings. The Kier molecular flexibility index (Phi) is 7.29. The highest BCUT2D eigenvalue weighted by atomic mass is 19.2. The van der Waals surface area contributed by atoms with Gasteiger partial charge in [-0.05, 0) is 31.6 Å². The lowest BCUT2D eigenvalue weighted by molar-refractivity contribution is 0.194. The fourth-order valence-electron chi connectivity index (χ4n) is 1.79. The molecule has 1 N–H and O–H groups in total. The monoisotopic (exact) mass is 311 g/mol. The number of hydrogen-bond donors (Lipinski definition) is 1. The maximum Gasteiger partial charge on any atom is 0.166 e. The molecule has 0 saturated heterocycles. The predicted octanol–water partition coefficient (Wildman–Crippen LogP) is 4.36. The van der Waals surface area contributed by atoms with Crippen molar-refractivity contribution in [3.05, 3.63) is 65.1 Å². The molecule has 0 heterocycles. The SMILES string of the molecule is C\C=C/C(=C\C(OCCF)=C(\C)NC)c1cccc(F)c1F. The molecule has 0 aliphatic rings. The van der Waals surface area contributed by atoms with Crippen molar-refractivity contribution in [1.29, 1.82) is 0 Å². The van der Waals surface area contributed by atoms with Gasteiger partial charge in [0.2, 0.25) is 0 Å². The summed E-state index contributed by atoms with van der Waals surface area (Å²) in [7, 11) is 1.69. The van der Waals surface area contributed by atoms with Crippen LogP contribution in [-0.4, -0.2) is 20.3 Å². The van der Waals surface area contributed by atoms with E-state index < -0.39 is 18.3 Å². The molecular weight excluding hydrogens is 291 g/mol.